The smallest absolute Gasteiger partial charge is 0.229 e. The minimum Gasteiger partial charge on any atom is -0.440 e. The molecule has 2 aliphatic rings. The van der Waals surface area contributed by atoms with Gasteiger partial charge in [-0.2, -0.15) is 0 Å². The van der Waals surface area contributed by atoms with Crippen LogP contribution in [0.4, 0.5) is 0 Å². The number of nitrogens with zero attached hydrogens (tertiary/aromatic N) is 1. The number of nitrogens with one attached hydrogen (secondary N) is 1. The van der Waals surface area contributed by atoms with Crippen molar-refractivity contribution in [3.05, 3.63) is 29.7 Å². The summed E-state index contributed by atoms with van der Waals surface area (Å²) in [6, 6.07) is 6.70. The number of fused-ring (bicyclic) bond motifs is 1. The number of amides is 1. The van der Waals surface area contributed by atoms with Crippen LogP contribution in [0.1, 0.15) is 81.6 Å². The average molecular weight is 340 g/mol. The van der Waals surface area contributed by atoms with E-state index in [9.17, 15) is 4.79 Å². The molecule has 2 aliphatic carbocycles. The molecule has 0 atom stereocenters. The predicted octanol–water partition coefficient (Wildman–Crippen LogP) is 4.87. The average Bonchev–Trinajstić information content (AvgIpc) is 3.04. The largest absolute Gasteiger partial charge is 0.440 e. The van der Waals surface area contributed by atoms with Gasteiger partial charge in [0.2, 0.25) is 11.8 Å². The third-order valence-electron chi connectivity index (χ3n) is 5.81. The van der Waals surface area contributed by atoms with Gasteiger partial charge in [0.25, 0.3) is 0 Å². The van der Waals surface area contributed by atoms with E-state index < -0.39 is 0 Å². The molecule has 25 heavy (non-hydrogen) atoms. The predicted molar refractivity (Wildman–Crippen MR) is 98.6 cm³/mol. The zero-order valence-corrected chi connectivity index (χ0v) is 14.9. The Morgan fingerprint density at radius 2 is 1.76 bits per heavy atom. The van der Waals surface area contributed by atoms with Crippen LogP contribution in [0.25, 0.3) is 11.1 Å². The van der Waals surface area contributed by atoms with E-state index in [2.05, 4.69) is 22.4 Å². The SMILES string of the molecule is O=C(Cc1nc2cc(C3CCCCC3)ccc2o1)NC1CCCCC1. The van der Waals surface area contributed by atoms with Crippen molar-refractivity contribution < 1.29 is 9.21 Å². The Balaban J connectivity index is 1.42. The standard InChI is InChI=1S/C21H28N2O2/c24-20(22-17-9-5-2-6-10-17)14-21-23-18-13-16(11-12-19(18)25-21)15-7-3-1-4-8-15/h11-13,15,17H,1-10,14H2,(H,22,24). The summed E-state index contributed by atoms with van der Waals surface area (Å²) in [5, 5.41) is 3.14. The van der Waals surface area contributed by atoms with E-state index in [0.29, 0.717) is 17.9 Å². The number of oxazole rings is 1. The lowest BCUT2D eigenvalue weighted by Crippen LogP contribution is -2.37. The lowest BCUT2D eigenvalue weighted by atomic mass is 9.84. The number of hydrogen-bond donors (Lipinski definition) is 1. The normalized spacial score (nSPS) is 20.0. The summed E-state index contributed by atoms with van der Waals surface area (Å²) in [7, 11) is 0. The second kappa shape index (κ2) is 7.59. The summed E-state index contributed by atoms with van der Waals surface area (Å²) in [5.41, 5.74) is 3.06. The lowest BCUT2D eigenvalue weighted by molar-refractivity contribution is -0.121. The van der Waals surface area contributed by atoms with Crippen molar-refractivity contribution in [2.45, 2.75) is 82.6 Å². The second-order valence-corrected chi connectivity index (χ2v) is 7.75. The maximum atomic E-state index is 12.3. The number of benzene rings is 1. The minimum absolute atomic E-state index is 0.0333. The van der Waals surface area contributed by atoms with Crippen LogP contribution in [0.2, 0.25) is 0 Å². The molecule has 2 saturated carbocycles. The molecule has 1 amide bonds. The molecule has 4 rings (SSSR count). The Labute approximate surface area is 149 Å². The first-order chi connectivity index (χ1) is 12.3. The highest BCUT2D eigenvalue weighted by Gasteiger charge is 2.19. The third kappa shape index (κ3) is 4.05. The maximum absolute atomic E-state index is 12.3. The highest BCUT2D eigenvalue weighted by Crippen LogP contribution is 2.34. The molecular weight excluding hydrogens is 312 g/mol. The fourth-order valence-electron chi connectivity index (χ4n) is 4.42. The van der Waals surface area contributed by atoms with Crippen LogP contribution >= 0.6 is 0 Å². The Bertz CT molecular complexity index is 725. The van der Waals surface area contributed by atoms with Crippen LogP contribution in [0.5, 0.6) is 0 Å². The van der Waals surface area contributed by atoms with Crippen molar-refractivity contribution in [1.29, 1.82) is 0 Å². The van der Waals surface area contributed by atoms with Crippen molar-refractivity contribution in [3.63, 3.8) is 0 Å². The van der Waals surface area contributed by atoms with Crippen LogP contribution in [-0.2, 0) is 11.2 Å². The molecule has 0 aliphatic heterocycles. The van der Waals surface area contributed by atoms with Crippen molar-refractivity contribution >= 4 is 17.0 Å². The molecule has 1 aromatic heterocycles. The quantitative estimate of drug-likeness (QED) is 0.864. The topological polar surface area (TPSA) is 55.1 Å². The van der Waals surface area contributed by atoms with Gasteiger partial charge >= 0.3 is 0 Å². The molecule has 1 aromatic carbocycles. The van der Waals surface area contributed by atoms with Crippen molar-refractivity contribution in [2.75, 3.05) is 0 Å². The number of carbonyl (C=O) groups is 1. The molecule has 4 nitrogen and oxygen atoms in total. The zero-order valence-electron chi connectivity index (χ0n) is 14.9. The van der Waals surface area contributed by atoms with Gasteiger partial charge in [0.15, 0.2) is 5.58 Å². The van der Waals surface area contributed by atoms with Crippen molar-refractivity contribution in [3.8, 4) is 0 Å². The second-order valence-electron chi connectivity index (χ2n) is 7.75. The van der Waals surface area contributed by atoms with Crippen LogP contribution in [0.15, 0.2) is 22.6 Å². The van der Waals surface area contributed by atoms with E-state index in [0.717, 1.165) is 23.9 Å². The lowest BCUT2D eigenvalue weighted by Gasteiger charge is -2.22. The Hall–Kier alpha value is -1.84. The number of aromatic nitrogens is 1. The molecule has 2 aromatic rings. The Morgan fingerprint density at radius 1 is 1.04 bits per heavy atom. The summed E-state index contributed by atoms with van der Waals surface area (Å²) in [6.45, 7) is 0. The van der Waals surface area contributed by atoms with E-state index in [1.165, 1.54) is 56.9 Å². The first kappa shape index (κ1) is 16.6. The minimum atomic E-state index is 0.0333. The molecule has 0 unspecified atom stereocenters. The van der Waals surface area contributed by atoms with Gasteiger partial charge in [-0.25, -0.2) is 4.98 Å². The maximum Gasteiger partial charge on any atom is 0.229 e. The van der Waals surface area contributed by atoms with E-state index in [4.69, 9.17) is 4.42 Å². The van der Waals surface area contributed by atoms with Crippen molar-refractivity contribution in [1.82, 2.24) is 10.3 Å². The fourth-order valence-corrected chi connectivity index (χ4v) is 4.42. The first-order valence-electron chi connectivity index (χ1n) is 9.97. The van der Waals surface area contributed by atoms with Crippen LogP contribution in [-0.4, -0.2) is 16.9 Å². The van der Waals surface area contributed by atoms with Gasteiger partial charge in [0, 0.05) is 6.04 Å². The molecule has 4 heteroatoms. The molecule has 0 bridgehead atoms. The van der Waals surface area contributed by atoms with Crippen LogP contribution in [0.3, 0.4) is 0 Å². The Morgan fingerprint density at radius 3 is 2.52 bits per heavy atom. The van der Waals surface area contributed by atoms with E-state index in [-0.39, 0.29) is 12.3 Å². The fraction of sp³-hybridized carbons (Fsp3) is 0.619. The Kier molecular flexibility index (Phi) is 5.04. The van der Waals surface area contributed by atoms with E-state index in [1.807, 2.05) is 6.07 Å². The monoisotopic (exact) mass is 340 g/mol. The van der Waals surface area contributed by atoms with Gasteiger partial charge in [0.05, 0.1) is 0 Å². The van der Waals surface area contributed by atoms with Gasteiger partial charge in [-0.1, -0.05) is 44.6 Å². The number of hydrogen-bond acceptors (Lipinski definition) is 3. The third-order valence-corrected chi connectivity index (χ3v) is 5.81. The summed E-state index contributed by atoms with van der Waals surface area (Å²) in [5.74, 6) is 1.22. The zero-order chi connectivity index (χ0) is 17.1. The van der Waals surface area contributed by atoms with Crippen LogP contribution in [0, 0.1) is 0 Å². The summed E-state index contributed by atoms with van der Waals surface area (Å²) in [4.78, 5) is 16.8. The number of carbonyl (C=O) groups excluding carboxylic acids is 1. The molecule has 1 N–H and O–H groups in total. The summed E-state index contributed by atoms with van der Waals surface area (Å²) in [6.07, 6.45) is 12.7. The molecule has 0 radical (unpaired) electrons. The van der Waals surface area contributed by atoms with Gasteiger partial charge in [-0.3, -0.25) is 4.79 Å². The molecule has 1 heterocycles. The van der Waals surface area contributed by atoms with Crippen molar-refractivity contribution in [2.24, 2.45) is 0 Å². The van der Waals surface area contributed by atoms with E-state index in [1.54, 1.807) is 0 Å². The molecule has 134 valence electrons. The van der Waals surface area contributed by atoms with Crippen LogP contribution < -0.4 is 5.32 Å². The summed E-state index contributed by atoms with van der Waals surface area (Å²) < 4.78 is 5.80. The first-order valence-corrected chi connectivity index (χ1v) is 9.97. The van der Waals surface area contributed by atoms with Gasteiger partial charge < -0.3 is 9.73 Å². The molecule has 0 saturated heterocycles. The summed E-state index contributed by atoms with van der Waals surface area (Å²) >= 11 is 0. The molecule has 0 spiro atoms. The van der Waals surface area contributed by atoms with E-state index >= 15 is 0 Å². The highest BCUT2D eigenvalue weighted by molar-refractivity contribution is 5.79. The number of rotatable bonds is 4. The molecule has 2 fully saturated rings. The van der Waals surface area contributed by atoms with Gasteiger partial charge in [0.1, 0.15) is 11.9 Å². The van der Waals surface area contributed by atoms with Gasteiger partial charge in [-0.15, -0.1) is 0 Å². The van der Waals surface area contributed by atoms with Gasteiger partial charge in [-0.05, 0) is 49.3 Å². The molecular formula is C21H28N2O2. The highest BCUT2D eigenvalue weighted by atomic mass is 16.3.